The first-order chi connectivity index (χ1) is 12.0. The number of hydrogen-bond acceptors (Lipinski definition) is 4. The minimum atomic E-state index is -0.350. The number of benzene rings is 1. The van der Waals surface area contributed by atoms with Gasteiger partial charge in [-0.25, -0.2) is 5.11 Å². The molecule has 1 aromatic rings. The molecular formula is C19H29ClNO4. The van der Waals surface area contributed by atoms with E-state index in [1.807, 2.05) is 0 Å². The zero-order valence-electron chi connectivity index (χ0n) is 15.2. The molecule has 141 valence electrons. The summed E-state index contributed by atoms with van der Waals surface area (Å²) in [5.74, 6) is 1.16. The van der Waals surface area contributed by atoms with Crippen molar-refractivity contribution in [2.24, 2.45) is 0 Å². The second-order valence-corrected chi connectivity index (χ2v) is 7.13. The molecule has 2 rings (SSSR count). The maximum atomic E-state index is 11.4. The number of aliphatic hydroxyl groups is 1. The summed E-state index contributed by atoms with van der Waals surface area (Å²) in [5, 5.41) is 21.2. The fourth-order valence-electron chi connectivity index (χ4n) is 3.31. The van der Waals surface area contributed by atoms with Crippen LogP contribution in [-0.2, 0) is 11.7 Å². The smallest absolute Gasteiger partial charge is 0.141 e. The fourth-order valence-corrected chi connectivity index (χ4v) is 3.55. The van der Waals surface area contributed by atoms with E-state index in [0.717, 1.165) is 45.1 Å². The Hall–Kier alpha value is -1.01. The van der Waals surface area contributed by atoms with Crippen molar-refractivity contribution in [3.05, 3.63) is 22.7 Å². The van der Waals surface area contributed by atoms with E-state index >= 15 is 0 Å². The van der Waals surface area contributed by atoms with Crippen molar-refractivity contribution >= 4 is 11.6 Å². The molecule has 1 radical (unpaired) electrons. The number of unbranched alkanes of at least 4 members (excludes halogenated alkanes) is 1. The van der Waals surface area contributed by atoms with E-state index in [1.165, 1.54) is 0 Å². The second kappa shape index (κ2) is 10.2. The van der Waals surface area contributed by atoms with Crippen LogP contribution in [-0.4, -0.2) is 49.5 Å². The van der Waals surface area contributed by atoms with Crippen LogP contribution >= 0.6 is 11.6 Å². The third kappa shape index (κ3) is 6.03. The Morgan fingerprint density at radius 3 is 2.56 bits per heavy atom. The zero-order chi connectivity index (χ0) is 18.2. The Balaban J connectivity index is 1.71. The number of methoxy groups -OCH3 is 1. The Morgan fingerprint density at radius 1 is 1.20 bits per heavy atom. The number of hydrogen-bond donors (Lipinski definition) is 1. The van der Waals surface area contributed by atoms with Crippen LogP contribution in [0.1, 0.15) is 44.1 Å². The lowest BCUT2D eigenvalue weighted by Crippen LogP contribution is -2.36. The largest absolute Gasteiger partial charge is 0.496 e. The highest BCUT2D eigenvalue weighted by molar-refractivity contribution is 6.32. The lowest BCUT2D eigenvalue weighted by molar-refractivity contribution is 0.0308. The Morgan fingerprint density at radius 2 is 1.92 bits per heavy atom. The van der Waals surface area contributed by atoms with Crippen molar-refractivity contribution in [2.75, 3.05) is 27.3 Å². The first-order valence-electron chi connectivity index (χ1n) is 9.01. The fraction of sp³-hybridized carbons (Fsp3) is 0.684. The first kappa shape index (κ1) is 20.3. The van der Waals surface area contributed by atoms with Crippen LogP contribution in [0.25, 0.3) is 0 Å². The highest BCUT2D eigenvalue weighted by Crippen LogP contribution is 2.33. The third-order valence-electron chi connectivity index (χ3n) is 4.94. The predicted molar refractivity (Wildman–Crippen MR) is 98.0 cm³/mol. The molecule has 1 aromatic carbocycles. The summed E-state index contributed by atoms with van der Waals surface area (Å²) in [6.07, 6.45) is 5.28. The maximum Gasteiger partial charge on any atom is 0.141 e. The normalized spacial score (nSPS) is 20.7. The van der Waals surface area contributed by atoms with Crippen molar-refractivity contribution in [2.45, 2.75) is 57.3 Å². The molecule has 1 saturated carbocycles. The van der Waals surface area contributed by atoms with Crippen molar-refractivity contribution in [3.63, 3.8) is 0 Å². The van der Waals surface area contributed by atoms with Crippen molar-refractivity contribution < 1.29 is 19.7 Å². The van der Waals surface area contributed by atoms with Gasteiger partial charge in [0.25, 0.3) is 0 Å². The molecule has 5 nitrogen and oxygen atoms in total. The van der Waals surface area contributed by atoms with E-state index in [0.29, 0.717) is 34.7 Å². The predicted octanol–water partition coefficient (Wildman–Crippen LogP) is 3.67. The molecule has 1 N–H and O–H groups in total. The quantitative estimate of drug-likeness (QED) is 0.673. The Labute approximate surface area is 155 Å². The van der Waals surface area contributed by atoms with Crippen LogP contribution in [0.2, 0.25) is 5.02 Å². The van der Waals surface area contributed by atoms with Crippen molar-refractivity contribution in [1.29, 1.82) is 0 Å². The number of rotatable bonds is 9. The van der Waals surface area contributed by atoms with E-state index in [-0.39, 0.29) is 12.7 Å². The zero-order valence-corrected chi connectivity index (χ0v) is 15.9. The molecule has 0 aromatic heterocycles. The summed E-state index contributed by atoms with van der Waals surface area (Å²) < 4.78 is 11.0. The summed E-state index contributed by atoms with van der Waals surface area (Å²) >= 11 is 6.19. The molecule has 1 fully saturated rings. The van der Waals surface area contributed by atoms with Gasteiger partial charge in [0.15, 0.2) is 0 Å². The van der Waals surface area contributed by atoms with E-state index in [9.17, 15) is 10.2 Å². The molecule has 0 amide bonds. The van der Waals surface area contributed by atoms with E-state index in [4.69, 9.17) is 21.1 Å². The number of ether oxygens (including phenoxy) is 2. The summed E-state index contributed by atoms with van der Waals surface area (Å²) in [4.78, 5) is 2.37. The molecule has 1 aliphatic rings. The molecule has 6 heteroatoms. The van der Waals surface area contributed by atoms with Crippen LogP contribution in [0.3, 0.4) is 0 Å². The highest BCUT2D eigenvalue weighted by Gasteiger charge is 2.23. The van der Waals surface area contributed by atoms with Gasteiger partial charge in [-0.3, -0.25) is 0 Å². The number of aliphatic hydroxyl groups excluding tert-OH is 1. The van der Waals surface area contributed by atoms with Gasteiger partial charge in [0, 0.05) is 17.7 Å². The van der Waals surface area contributed by atoms with E-state index < -0.39 is 0 Å². The molecule has 0 bridgehead atoms. The van der Waals surface area contributed by atoms with Gasteiger partial charge in [-0.1, -0.05) is 11.6 Å². The van der Waals surface area contributed by atoms with Gasteiger partial charge in [-0.15, -0.1) is 0 Å². The van der Waals surface area contributed by atoms with Crippen LogP contribution in [0, 0.1) is 0 Å². The monoisotopic (exact) mass is 370 g/mol. The summed E-state index contributed by atoms with van der Waals surface area (Å²) in [6, 6.07) is 3.95. The van der Waals surface area contributed by atoms with Crippen LogP contribution < -0.4 is 9.47 Å². The summed E-state index contributed by atoms with van der Waals surface area (Å²) in [5.41, 5.74) is 0.647. The van der Waals surface area contributed by atoms with Crippen LogP contribution in [0.5, 0.6) is 11.5 Å². The third-order valence-corrected chi connectivity index (χ3v) is 5.23. The topological polar surface area (TPSA) is 61.8 Å². The lowest BCUT2D eigenvalue weighted by Gasteiger charge is -2.32. The molecule has 0 spiro atoms. The van der Waals surface area contributed by atoms with Crippen molar-refractivity contribution in [3.8, 4) is 11.5 Å². The van der Waals surface area contributed by atoms with Gasteiger partial charge < -0.3 is 19.5 Å². The molecule has 25 heavy (non-hydrogen) atoms. The van der Waals surface area contributed by atoms with Gasteiger partial charge in [0.1, 0.15) is 11.5 Å². The Bertz CT molecular complexity index is 532. The average molecular weight is 371 g/mol. The summed E-state index contributed by atoms with van der Waals surface area (Å²) in [6.45, 7) is 1.48. The number of nitrogens with zero attached hydrogens (tertiary/aromatic N) is 1. The molecule has 0 heterocycles. The summed E-state index contributed by atoms with van der Waals surface area (Å²) in [7, 11) is 3.70. The minimum absolute atomic E-state index is 0.121. The lowest BCUT2D eigenvalue weighted by atomic mass is 9.92. The van der Waals surface area contributed by atoms with Crippen molar-refractivity contribution in [1.82, 2.24) is 4.90 Å². The SMILES string of the molecule is COc1cc(OCCCCN(C)C2CCC([O])CC2)c(Cl)cc1CO. The van der Waals surface area contributed by atoms with Gasteiger partial charge in [-0.2, -0.15) is 0 Å². The van der Waals surface area contributed by atoms with Crippen LogP contribution in [0.4, 0.5) is 0 Å². The molecule has 0 aliphatic heterocycles. The van der Waals surface area contributed by atoms with Gasteiger partial charge in [-0.05, 0) is 58.2 Å². The minimum Gasteiger partial charge on any atom is -0.496 e. The molecule has 1 aliphatic carbocycles. The van der Waals surface area contributed by atoms with Crippen LogP contribution in [0.15, 0.2) is 12.1 Å². The molecular weight excluding hydrogens is 342 g/mol. The standard InChI is InChI=1S/C19H29ClNO4/c1-21(15-5-7-16(23)8-6-15)9-3-4-10-25-19-12-18(24-2)14(13-22)11-17(19)20/h11-12,15-16,22H,3-10,13H2,1-2H3. The molecule has 0 saturated heterocycles. The molecule has 0 unspecified atom stereocenters. The van der Waals surface area contributed by atoms with Gasteiger partial charge in [0.05, 0.1) is 31.5 Å². The van der Waals surface area contributed by atoms with Gasteiger partial charge >= 0.3 is 0 Å². The first-order valence-corrected chi connectivity index (χ1v) is 9.39. The maximum absolute atomic E-state index is 11.4. The highest BCUT2D eigenvalue weighted by atomic mass is 35.5. The van der Waals surface area contributed by atoms with E-state index in [1.54, 1.807) is 19.2 Å². The molecule has 0 atom stereocenters. The number of halogens is 1. The second-order valence-electron chi connectivity index (χ2n) is 6.72. The average Bonchev–Trinajstić information content (AvgIpc) is 2.62. The van der Waals surface area contributed by atoms with E-state index in [2.05, 4.69) is 11.9 Å². The van der Waals surface area contributed by atoms with Gasteiger partial charge in [0.2, 0.25) is 0 Å². The Kier molecular flexibility index (Phi) is 8.30.